The first-order valence-corrected chi connectivity index (χ1v) is 7.19. The molecule has 0 fully saturated rings. The number of carbonyl (C=O) groups excluding carboxylic acids is 1. The Labute approximate surface area is 116 Å². The maximum atomic E-state index is 13.2. The summed E-state index contributed by atoms with van der Waals surface area (Å²) in [6.07, 6.45) is -0.780. The van der Waals surface area contributed by atoms with Crippen molar-refractivity contribution in [2.24, 2.45) is 5.73 Å². The number of nitrogens with zero attached hydrogens (tertiary/aromatic N) is 1. The van der Waals surface area contributed by atoms with Crippen molar-refractivity contribution in [1.29, 1.82) is 0 Å². The first-order valence-electron chi connectivity index (χ1n) is 5.74. The standard InChI is InChI=1S/C11H16FN3O4S/c1-19-11(16)14-20(17,18)15(7-3-6-13)10-5-2-4-9(12)8-10/h2,4-5,8H,3,6-7,13H2,1H3,(H,14,16). The highest BCUT2D eigenvalue weighted by atomic mass is 32.2. The molecule has 0 heterocycles. The number of ether oxygens (including phenoxy) is 1. The Kier molecular flexibility index (Phi) is 5.71. The number of rotatable bonds is 6. The third-order valence-corrected chi connectivity index (χ3v) is 3.75. The fourth-order valence-corrected chi connectivity index (χ4v) is 2.62. The number of hydrogen-bond donors (Lipinski definition) is 2. The van der Waals surface area contributed by atoms with Gasteiger partial charge in [-0.15, -0.1) is 0 Å². The zero-order chi connectivity index (χ0) is 15.2. The smallest absolute Gasteiger partial charge is 0.422 e. The van der Waals surface area contributed by atoms with Crippen molar-refractivity contribution < 1.29 is 22.3 Å². The number of anilines is 1. The molecule has 112 valence electrons. The molecule has 0 aliphatic carbocycles. The largest absolute Gasteiger partial charge is 0.452 e. The molecule has 0 aliphatic rings. The molecule has 0 aromatic heterocycles. The van der Waals surface area contributed by atoms with Crippen LogP contribution in [0.1, 0.15) is 6.42 Å². The van der Waals surface area contributed by atoms with Crippen LogP contribution in [0.4, 0.5) is 14.9 Å². The molecule has 0 unspecified atom stereocenters. The number of carbonyl (C=O) groups is 1. The van der Waals surface area contributed by atoms with Gasteiger partial charge in [0.05, 0.1) is 12.8 Å². The molecular formula is C11H16FN3O4S. The molecular weight excluding hydrogens is 289 g/mol. The lowest BCUT2D eigenvalue weighted by molar-refractivity contribution is 0.177. The molecule has 0 saturated heterocycles. The van der Waals surface area contributed by atoms with Crippen molar-refractivity contribution >= 4 is 22.0 Å². The Morgan fingerprint density at radius 2 is 2.20 bits per heavy atom. The van der Waals surface area contributed by atoms with Crippen LogP contribution in [0.15, 0.2) is 24.3 Å². The van der Waals surface area contributed by atoms with Gasteiger partial charge < -0.3 is 10.5 Å². The van der Waals surface area contributed by atoms with E-state index in [0.29, 0.717) is 6.42 Å². The summed E-state index contributed by atoms with van der Waals surface area (Å²) >= 11 is 0. The molecule has 3 N–H and O–H groups in total. The number of nitrogens with one attached hydrogen (secondary N) is 1. The zero-order valence-electron chi connectivity index (χ0n) is 10.9. The molecule has 0 saturated carbocycles. The average Bonchev–Trinajstić information content (AvgIpc) is 2.38. The number of benzene rings is 1. The van der Waals surface area contributed by atoms with E-state index in [4.69, 9.17) is 5.73 Å². The molecule has 7 nitrogen and oxygen atoms in total. The van der Waals surface area contributed by atoms with Gasteiger partial charge >= 0.3 is 16.3 Å². The molecule has 20 heavy (non-hydrogen) atoms. The van der Waals surface area contributed by atoms with Gasteiger partial charge in [-0.1, -0.05) is 6.07 Å². The Morgan fingerprint density at radius 1 is 1.50 bits per heavy atom. The minimum Gasteiger partial charge on any atom is -0.452 e. The lowest BCUT2D eigenvalue weighted by Crippen LogP contribution is -2.44. The van der Waals surface area contributed by atoms with Crippen molar-refractivity contribution in [1.82, 2.24) is 4.72 Å². The topological polar surface area (TPSA) is 102 Å². The molecule has 0 atom stereocenters. The Bertz CT molecular complexity index is 565. The SMILES string of the molecule is COC(=O)NS(=O)(=O)N(CCCN)c1cccc(F)c1. The van der Waals surface area contributed by atoms with E-state index in [1.807, 2.05) is 0 Å². The second-order valence-electron chi connectivity index (χ2n) is 3.79. The second-order valence-corrected chi connectivity index (χ2v) is 5.39. The molecule has 1 aromatic rings. The van der Waals surface area contributed by atoms with Gasteiger partial charge in [0.15, 0.2) is 0 Å². The van der Waals surface area contributed by atoms with Crippen LogP contribution in [-0.4, -0.2) is 34.7 Å². The van der Waals surface area contributed by atoms with Crippen molar-refractivity contribution in [2.45, 2.75) is 6.42 Å². The van der Waals surface area contributed by atoms with Gasteiger partial charge in [0.2, 0.25) is 0 Å². The maximum absolute atomic E-state index is 13.2. The molecule has 1 rings (SSSR count). The van der Waals surface area contributed by atoms with Crippen molar-refractivity contribution in [3.8, 4) is 0 Å². The van der Waals surface area contributed by atoms with Crippen LogP contribution in [0.3, 0.4) is 0 Å². The highest BCUT2D eigenvalue weighted by Crippen LogP contribution is 2.18. The molecule has 1 amide bonds. The molecule has 0 spiro atoms. The fourth-order valence-electron chi connectivity index (χ4n) is 1.46. The summed E-state index contributed by atoms with van der Waals surface area (Å²) in [6.45, 7) is 0.256. The van der Waals surface area contributed by atoms with Crippen LogP contribution >= 0.6 is 0 Å². The van der Waals surface area contributed by atoms with Gasteiger partial charge in [0.25, 0.3) is 0 Å². The lowest BCUT2D eigenvalue weighted by Gasteiger charge is -2.23. The van der Waals surface area contributed by atoms with Crippen molar-refractivity contribution in [3.63, 3.8) is 0 Å². The highest BCUT2D eigenvalue weighted by Gasteiger charge is 2.24. The van der Waals surface area contributed by atoms with Crippen LogP contribution in [0.2, 0.25) is 0 Å². The Morgan fingerprint density at radius 3 is 2.75 bits per heavy atom. The zero-order valence-corrected chi connectivity index (χ0v) is 11.7. The van der Waals surface area contributed by atoms with Crippen LogP contribution in [-0.2, 0) is 14.9 Å². The molecule has 0 radical (unpaired) electrons. The summed E-state index contributed by atoms with van der Waals surface area (Å²) in [7, 11) is -3.15. The number of nitrogens with two attached hydrogens (primary N) is 1. The maximum Gasteiger partial charge on any atom is 0.422 e. The van der Waals surface area contributed by atoms with E-state index in [2.05, 4.69) is 4.74 Å². The first kappa shape index (κ1) is 16.2. The van der Waals surface area contributed by atoms with E-state index in [1.165, 1.54) is 18.2 Å². The van der Waals surface area contributed by atoms with E-state index < -0.39 is 22.1 Å². The molecule has 1 aromatic carbocycles. The third-order valence-electron chi connectivity index (χ3n) is 2.35. The normalized spacial score (nSPS) is 10.9. The Hall–Kier alpha value is -1.87. The first-order chi connectivity index (χ1) is 9.40. The van der Waals surface area contributed by atoms with Gasteiger partial charge in [-0.3, -0.25) is 4.31 Å². The number of amides is 1. The van der Waals surface area contributed by atoms with Crippen LogP contribution in [0.5, 0.6) is 0 Å². The predicted molar refractivity (Wildman–Crippen MR) is 71.9 cm³/mol. The summed E-state index contributed by atoms with van der Waals surface area (Å²) in [6, 6.07) is 5.02. The van der Waals surface area contributed by atoms with E-state index in [1.54, 1.807) is 4.72 Å². The molecule has 0 aliphatic heterocycles. The monoisotopic (exact) mass is 305 g/mol. The summed E-state index contributed by atoms with van der Waals surface area (Å²) in [4.78, 5) is 11.1. The Balaban J connectivity index is 3.08. The van der Waals surface area contributed by atoms with Gasteiger partial charge in [-0.25, -0.2) is 13.9 Å². The molecule has 9 heteroatoms. The second kappa shape index (κ2) is 7.06. The summed E-state index contributed by atoms with van der Waals surface area (Å²) in [5.74, 6) is -0.589. The fraction of sp³-hybridized carbons (Fsp3) is 0.364. The highest BCUT2D eigenvalue weighted by molar-refractivity contribution is 7.91. The van der Waals surface area contributed by atoms with E-state index >= 15 is 0 Å². The van der Waals surface area contributed by atoms with Crippen LogP contribution in [0, 0.1) is 5.82 Å². The minimum absolute atomic E-state index is 0.00623. The number of halogens is 1. The van der Waals surface area contributed by atoms with Crippen LogP contribution < -0.4 is 14.8 Å². The summed E-state index contributed by atoms with van der Waals surface area (Å²) in [5.41, 5.74) is 5.44. The van der Waals surface area contributed by atoms with Gasteiger partial charge in [-0.05, 0) is 31.2 Å². The van der Waals surface area contributed by atoms with E-state index in [-0.39, 0.29) is 18.8 Å². The van der Waals surface area contributed by atoms with Gasteiger partial charge in [0.1, 0.15) is 5.82 Å². The quantitative estimate of drug-likeness (QED) is 0.800. The van der Waals surface area contributed by atoms with Crippen molar-refractivity contribution in [3.05, 3.63) is 30.1 Å². The van der Waals surface area contributed by atoms with Gasteiger partial charge in [0, 0.05) is 6.54 Å². The van der Waals surface area contributed by atoms with Crippen LogP contribution in [0.25, 0.3) is 0 Å². The lowest BCUT2D eigenvalue weighted by atomic mass is 10.3. The summed E-state index contributed by atoms with van der Waals surface area (Å²) < 4.78 is 44.2. The van der Waals surface area contributed by atoms with E-state index in [9.17, 15) is 17.6 Å². The van der Waals surface area contributed by atoms with Crippen molar-refractivity contribution in [2.75, 3.05) is 24.5 Å². The van der Waals surface area contributed by atoms with Gasteiger partial charge in [-0.2, -0.15) is 8.42 Å². The minimum atomic E-state index is -4.19. The number of hydrogen-bond acceptors (Lipinski definition) is 5. The van der Waals surface area contributed by atoms with E-state index in [0.717, 1.165) is 17.5 Å². The average molecular weight is 305 g/mol. The number of methoxy groups -OCH3 is 1. The third kappa shape index (κ3) is 4.35. The summed E-state index contributed by atoms with van der Waals surface area (Å²) in [5, 5.41) is 0. The molecule has 0 bridgehead atoms. The predicted octanol–water partition coefficient (Wildman–Crippen LogP) is 0.582.